The summed E-state index contributed by atoms with van der Waals surface area (Å²) in [4.78, 5) is 1.41. The second-order valence-electron chi connectivity index (χ2n) is 5.15. The third-order valence-electron chi connectivity index (χ3n) is 3.43. The molecule has 0 spiro atoms. The van der Waals surface area contributed by atoms with E-state index in [-0.39, 0.29) is 0 Å². The van der Waals surface area contributed by atoms with Gasteiger partial charge in [0.15, 0.2) is 0 Å². The highest BCUT2D eigenvalue weighted by molar-refractivity contribution is 9.10. The maximum absolute atomic E-state index is 3.62. The van der Waals surface area contributed by atoms with E-state index in [1.165, 1.54) is 15.8 Å². The molecule has 15 heavy (non-hydrogen) atoms. The zero-order valence-corrected chi connectivity index (χ0v) is 11.9. The Bertz CT molecular complexity index is 345. The first-order chi connectivity index (χ1) is 7.00. The van der Waals surface area contributed by atoms with Crippen molar-refractivity contribution < 1.29 is 0 Å². The van der Waals surface area contributed by atoms with Crippen LogP contribution >= 0.6 is 27.3 Å². The van der Waals surface area contributed by atoms with E-state index >= 15 is 0 Å². The quantitative estimate of drug-likeness (QED) is 0.875. The third kappa shape index (κ3) is 2.63. The fourth-order valence-corrected chi connectivity index (χ4v) is 3.70. The van der Waals surface area contributed by atoms with E-state index in [1.54, 1.807) is 0 Å². The summed E-state index contributed by atoms with van der Waals surface area (Å²) in [5.41, 5.74) is 0.583. The Labute approximate surface area is 104 Å². The number of rotatable bonds is 4. The van der Waals surface area contributed by atoms with Crippen LogP contribution in [0.2, 0.25) is 0 Å². The second-order valence-corrected chi connectivity index (χ2v) is 6.95. The molecule has 84 valence electrons. The molecular weight excluding hydrogens is 270 g/mol. The van der Waals surface area contributed by atoms with Gasteiger partial charge in [-0.25, -0.2) is 0 Å². The van der Waals surface area contributed by atoms with Crippen molar-refractivity contribution >= 4 is 27.3 Å². The van der Waals surface area contributed by atoms with Gasteiger partial charge in [0.25, 0.3) is 0 Å². The van der Waals surface area contributed by atoms with E-state index < -0.39 is 0 Å². The summed E-state index contributed by atoms with van der Waals surface area (Å²) in [5, 5.41) is 5.76. The molecular formula is C12H18BrNS. The van der Waals surface area contributed by atoms with Gasteiger partial charge in [0, 0.05) is 15.4 Å². The molecule has 1 N–H and O–H groups in total. The van der Waals surface area contributed by atoms with Gasteiger partial charge in [0.05, 0.1) is 0 Å². The molecule has 2 unspecified atom stereocenters. The molecule has 2 rings (SSSR count). The summed E-state index contributed by atoms with van der Waals surface area (Å²) in [6.45, 7) is 8.10. The van der Waals surface area contributed by atoms with Crippen LogP contribution in [-0.4, -0.2) is 6.54 Å². The van der Waals surface area contributed by atoms with Crippen LogP contribution in [-0.2, 0) is 0 Å². The van der Waals surface area contributed by atoms with E-state index in [4.69, 9.17) is 0 Å². The predicted molar refractivity (Wildman–Crippen MR) is 70.3 cm³/mol. The monoisotopic (exact) mass is 287 g/mol. The molecule has 1 nitrogen and oxygen atoms in total. The molecule has 0 aliphatic heterocycles. The number of hydrogen-bond donors (Lipinski definition) is 1. The van der Waals surface area contributed by atoms with Crippen molar-refractivity contribution in [2.24, 2.45) is 11.3 Å². The van der Waals surface area contributed by atoms with Gasteiger partial charge in [-0.3, -0.25) is 0 Å². The van der Waals surface area contributed by atoms with Gasteiger partial charge in [-0.1, -0.05) is 13.8 Å². The first-order valence-electron chi connectivity index (χ1n) is 5.47. The molecule has 0 aromatic carbocycles. The molecule has 0 bridgehead atoms. The van der Waals surface area contributed by atoms with Gasteiger partial charge in [-0.2, -0.15) is 0 Å². The van der Waals surface area contributed by atoms with Crippen molar-refractivity contribution in [2.45, 2.75) is 33.2 Å². The van der Waals surface area contributed by atoms with Crippen LogP contribution in [0, 0.1) is 11.3 Å². The topological polar surface area (TPSA) is 12.0 Å². The SMILES string of the molecule is CC(NCC1CC1(C)C)c1sccc1Br. The maximum atomic E-state index is 3.62. The Balaban J connectivity index is 1.83. The van der Waals surface area contributed by atoms with Gasteiger partial charge >= 0.3 is 0 Å². The van der Waals surface area contributed by atoms with Crippen LogP contribution in [0.3, 0.4) is 0 Å². The zero-order valence-electron chi connectivity index (χ0n) is 9.51. The lowest BCUT2D eigenvalue weighted by Gasteiger charge is -2.13. The third-order valence-corrected chi connectivity index (χ3v) is 5.48. The molecule has 1 aliphatic rings. The maximum Gasteiger partial charge on any atom is 0.0397 e. The molecule has 3 heteroatoms. The lowest BCUT2D eigenvalue weighted by atomic mass is 10.1. The molecule has 1 fully saturated rings. The minimum Gasteiger partial charge on any atom is -0.309 e. The highest BCUT2D eigenvalue weighted by Gasteiger charge is 2.44. The molecule has 0 amide bonds. The van der Waals surface area contributed by atoms with E-state index in [9.17, 15) is 0 Å². The zero-order chi connectivity index (χ0) is 11.1. The molecule has 0 radical (unpaired) electrons. The lowest BCUT2D eigenvalue weighted by Crippen LogP contribution is -2.21. The standard InChI is InChI=1S/C12H18BrNS/c1-8(11-10(13)4-5-15-11)14-7-9-6-12(9,2)3/h4-5,8-9,14H,6-7H2,1-3H3. The normalized spacial score (nSPS) is 25.2. The summed E-state index contributed by atoms with van der Waals surface area (Å²) < 4.78 is 1.24. The first kappa shape index (κ1) is 11.6. The van der Waals surface area contributed by atoms with E-state index in [1.807, 2.05) is 11.3 Å². The van der Waals surface area contributed by atoms with Crippen LogP contribution in [0.15, 0.2) is 15.9 Å². The Morgan fingerprint density at radius 3 is 2.80 bits per heavy atom. The van der Waals surface area contributed by atoms with E-state index in [2.05, 4.69) is 53.5 Å². The molecule has 1 aromatic heterocycles. The van der Waals surface area contributed by atoms with Crippen molar-refractivity contribution in [1.29, 1.82) is 0 Å². The molecule has 0 saturated heterocycles. The minimum atomic E-state index is 0.468. The molecule has 1 saturated carbocycles. The van der Waals surface area contributed by atoms with Crippen LogP contribution in [0.4, 0.5) is 0 Å². The van der Waals surface area contributed by atoms with Crippen LogP contribution in [0.1, 0.15) is 38.1 Å². The number of nitrogens with one attached hydrogen (secondary N) is 1. The van der Waals surface area contributed by atoms with Crippen molar-refractivity contribution in [3.05, 3.63) is 20.8 Å². The average molecular weight is 288 g/mol. The van der Waals surface area contributed by atoms with Crippen LogP contribution < -0.4 is 5.32 Å². The minimum absolute atomic E-state index is 0.468. The van der Waals surface area contributed by atoms with Crippen molar-refractivity contribution in [3.63, 3.8) is 0 Å². The highest BCUT2D eigenvalue weighted by Crippen LogP contribution is 2.51. The lowest BCUT2D eigenvalue weighted by molar-refractivity contribution is 0.487. The Morgan fingerprint density at radius 1 is 1.67 bits per heavy atom. The fraction of sp³-hybridized carbons (Fsp3) is 0.667. The highest BCUT2D eigenvalue weighted by atomic mass is 79.9. The molecule has 1 aromatic rings. The first-order valence-corrected chi connectivity index (χ1v) is 7.14. The number of halogens is 1. The number of thiophene rings is 1. The smallest absolute Gasteiger partial charge is 0.0397 e. The van der Waals surface area contributed by atoms with Crippen LogP contribution in [0.5, 0.6) is 0 Å². The van der Waals surface area contributed by atoms with Crippen LogP contribution in [0.25, 0.3) is 0 Å². The Morgan fingerprint density at radius 2 is 2.33 bits per heavy atom. The van der Waals surface area contributed by atoms with Gasteiger partial charge in [0.2, 0.25) is 0 Å². The van der Waals surface area contributed by atoms with Crippen molar-refractivity contribution in [2.75, 3.05) is 6.54 Å². The van der Waals surface area contributed by atoms with E-state index in [0.717, 1.165) is 12.5 Å². The summed E-state index contributed by atoms with van der Waals surface area (Å²) in [7, 11) is 0. The summed E-state index contributed by atoms with van der Waals surface area (Å²) >= 11 is 5.40. The van der Waals surface area contributed by atoms with Gasteiger partial charge in [0.1, 0.15) is 0 Å². The van der Waals surface area contributed by atoms with Gasteiger partial charge in [-0.15, -0.1) is 11.3 Å². The molecule has 1 aliphatic carbocycles. The van der Waals surface area contributed by atoms with E-state index in [0.29, 0.717) is 11.5 Å². The predicted octanol–water partition coefficient (Wildman–Crippen LogP) is 4.21. The molecule has 1 heterocycles. The van der Waals surface area contributed by atoms with Gasteiger partial charge in [-0.05, 0) is 58.6 Å². The average Bonchev–Trinajstić information content (AvgIpc) is 2.58. The van der Waals surface area contributed by atoms with Crippen molar-refractivity contribution in [3.8, 4) is 0 Å². The summed E-state index contributed by atoms with van der Waals surface area (Å²) in [6, 6.07) is 2.59. The molecule has 2 atom stereocenters. The summed E-state index contributed by atoms with van der Waals surface area (Å²) in [5.74, 6) is 0.874. The number of hydrogen-bond acceptors (Lipinski definition) is 2. The Kier molecular flexibility index (Phi) is 3.25. The largest absolute Gasteiger partial charge is 0.309 e. The second kappa shape index (κ2) is 4.19. The fourth-order valence-electron chi connectivity index (χ4n) is 1.95. The summed E-state index contributed by atoms with van der Waals surface area (Å²) in [6.07, 6.45) is 1.37. The van der Waals surface area contributed by atoms with Crippen molar-refractivity contribution in [1.82, 2.24) is 5.32 Å². The van der Waals surface area contributed by atoms with Gasteiger partial charge < -0.3 is 5.32 Å². The Hall–Kier alpha value is 0.140.